The number of hydrogen-bond donors (Lipinski definition) is 2. The molecule has 0 unspecified atom stereocenters. The first-order valence-electron chi connectivity index (χ1n) is 7.30. The van der Waals surface area contributed by atoms with E-state index in [0.29, 0.717) is 5.56 Å². The number of aryl methyl sites for hydroxylation is 1. The van der Waals surface area contributed by atoms with Crippen LogP contribution in [0.3, 0.4) is 0 Å². The Labute approximate surface area is 142 Å². The standard InChI is InChI=1S/C17H15FN4OS/c1-22-15-5-3-2-4-14(15)20-17(22)24-11-16(23)21-19-10-12-6-8-13(18)9-7-12/h2-10H,11H2,1H3,(H,21,23)/p+1. The molecule has 0 aliphatic rings. The third-order valence-electron chi connectivity index (χ3n) is 3.42. The van der Waals surface area contributed by atoms with Gasteiger partial charge >= 0.3 is 5.16 Å². The van der Waals surface area contributed by atoms with E-state index in [2.05, 4.69) is 15.5 Å². The molecule has 0 fully saturated rings. The van der Waals surface area contributed by atoms with Crippen molar-refractivity contribution in [3.05, 3.63) is 59.9 Å². The van der Waals surface area contributed by atoms with Crippen LogP contribution in [-0.4, -0.2) is 22.9 Å². The van der Waals surface area contributed by atoms with Gasteiger partial charge in [-0.05, 0) is 41.6 Å². The maximum atomic E-state index is 12.8. The number of carbonyl (C=O) groups excluding carboxylic acids is 1. The van der Waals surface area contributed by atoms with Crippen molar-refractivity contribution >= 4 is 34.9 Å². The Morgan fingerprint density at radius 1 is 1.29 bits per heavy atom. The third-order valence-corrected chi connectivity index (χ3v) is 4.48. The van der Waals surface area contributed by atoms with Crippen LogP contribution >= 0.6 is 11.8 Å². The summed E-state index contributed by atoms with van der Waals surface area (Å²) in [5.41, 5.74) is 5.28. The van der Waals surface area contributed by atoms with Crippen molar-refractivity contribution in [1.82, 2.24) is 10.4 Å². The average Bonchev–Trinajstić information content (AvgIpc) is 2.91. The maximum absolute atomic E-state index is 12.8. The second-order valence-electron chi connectivity index (χ2n) is 5.14. The minimum atomic E-state index is -0.307. The average molecular weight is 343 g/mol. The molecule has 2 aromatic carbocycles. The number of amides is 1. The van der Waals surface area contributed by atoms with Gasteiger partial charge in [0.15, 0.2) is 11.0 Å². The van der Waals surface area contributed by atoms with Gasteiger partial charge in [-0.2, -0.15) is 5.10 Å². The molecule has 3 aromatic rings. The number of aromatic nitrogens is 2. The van der Waals surface area contributed by atoms with E-state index in [1.807, 2.05) is 35.9 Å². The highest BCUT2D eigenvalue weighted by Crippen LogP contribution is 2.16. The smallest absolute Gasteiger partial charge is 0.272 e. The Hall–Kier alpha value is -2.67. The van der Waals surface area contributed by atoms with Gasteiger partial charge in [0.25, 0.3) is 5.91 Å². The third kappa shape index (κ3) is 3.80. The number of thioether (sulfide) groups is 1. The molecule has 0 bridgehead atoms. The molecule has 24 heavy (non-hydrogen) atoms. The zero-order valence-electron chi connectivity index (χ0n) is 13.0. The normalized spacial score (nSPS) is 11.2. The number of rotatable bonds is 5. The van der Waals surface area contributed by atoms with Gasteiger partial charge in [0.1, 0.15) is 5.82 Å². The minimum absolute atomic E-state index is 0.211. The summed E-state index contributed by atoms with van der Waals surface area (Å²) in [6, 6.07) is 13.8. The first-order chi connectivity index (χ1) is 11.6. The summed E-state index contributed by atoms with van der Waals surface area (Å²) in [4.78, 5) is 15.1. The zero-order valence-corrected chi connectivity index (χ0v) is 13.8. The number of nitrogens with zero attached hydrogens (tertiary/aromatic N) is 2. The van der Waals surface area contributed by atoms with Crippen molar-refractivity contribution in [3.63, 3.8) is 0 Å². The minimum Gasteiger partial charge on any atom is -0.272 e. The summed E-state index contributed by atoms with van der Waals surface area (Å²) in [5, 5.41) is 4.77. The van der Waals surface area contributed by atoms with Gasteiger partial charge in [0.2, 0.25) is 0 Å². The first-order valence-corrected chi connectivity index (χ1v) is 8.29. The van der Waals surface area contributed by atoms with E-state index in [1.54, 1.807) is 12.1 Å². The molecule has 5 nitrogen and oxygen atoms in total. The molecule has 0 saturated carbocycles. The van der Waals surface area contributed by atoms with Gasteiger partial charge in [0, 0.05) is 0 Å². The summed E-state index contributed by atoms with van der Waals surface area (Å²) in [7, 11) is 1.95. The maximum Gasteiger partial charge on any atom is 0.317 e. The first kappa shape index (κ1) is 16.2. The van der Waals surface area contributed by atoms with Gasteiger partial charge < -0.3 is 0 Å². The summed E-state index contributed by atoms with van der Waals surface area (Å²) in [5.74, 6) is -0.280. The molecule has 0 aliphatic carbocycles. The predicted octanol–water partition coefficient (Wildman–Crippen LogP) is 2.37. The molecule has 0 atom stereocenters. The van der Waals surface area contributed by atoms with Crippen LogP contribution in [0.2, 0.25) is 0 Å². The fraction of sp³-hybridized carbons (Fsp3) is 0.118. The molecule has 0 spiro atoms. The van der Waals surface area contributed by atoms with Crippen LogP contribution in [0.15, 0.2) is 58.8 Å². The van der Waals surface area contributed by atoms with Crippen LogP contribution in [0.25, 0.3) is 11.0 Å². The van der Waals surface area contributed by atoms with E-state index in [4.69, 9.17) is 0 Å². The number of nitrogens with one attached hydrogen (secondary N) is 2. The molecule has 122 valence electrons. The Balaban J connectivity index is 1.55. The lowest BCUT2D eigenvalue weighted by molar-refractivity contribution is -0.683. The summed E-state index contributed by atoms with van der Waals surface area (Å²) in [6.07, 6.45) is 1.48. The Morgan fingerprint density at radius 3 is 2.79 bits per heavy atom. The second kappa shape index (κ2) is 7.27. The quantitative estimate of drug-likeness (QED) is 0.323. The molecular weight excluding hydrogens is 327 g/mol. The topological polar surface area (TPSA) is 61.1 Å². The number of para-hydroxylation sites is 2. The van der Waals surface area contributed by atoms with Gasteiger partial charge in [-0.1, -0.05) is 24.3 Å². The van der Waals surface area contributed by atoms with Crippen LogP contribution in [-0.2, 0) is 11.8 Å². The van der Waals surface area contributed by atoms with Crippen molar-refractivity contribution in [2.45, 2.75) is 5.16 Å². The molecule has 0 aliphatic heterocycles. The molecule has 2 N–H and O–H groups in total. The van der Waals surface area contributed by atoms with Gasteiger partial charge in [-0.25, -0.2) is 19.4 Å². The number of fused-ring (bicyclic) bond motifs is 1. The lowest BCUT2D eigenvalue weighted by atomic mass is 10.2. The number of hydrogen-bond acceptors (Lipinski definition) is 3. The highest BCUT2D eigenvalue weighted by Gasteiger charge is 2.16. The fourth-order valence-corrected chi connectivity index (χ4v) is 3.01. The SMILES string of the molecule is C[n+]1c(SCC(=O)NN=Cc2ccc(F)cc2)[nH]c2ccccc21. The molecule has 7 heteroatoms. The zero-order chi connectivity index (χ0) is 16.9. The van der Waals surface area contributed by atoms with E-state index in [9.17, 15) is 9.18 Å². The van der Waals surface area contributed by atoms with Crippen LogP contribution in [0, 0.1) is 5.82 Å². The van der Waals surface area contributed by atoms with Gasteiger partial charge in [-0.3, -0.25) is 4.79 Å². The molecule has 1 amide bonds. The number of hydrazone groups is 1. The monoisotopic (exact) mass is 343 g/mol. The van der Waals surface area contributed by atoms with Crippen LogP contribution in [0.4, 0.5) is 4.39 Å². The molecule has 1 heterocycles. The van der Waals surface area contributed by atoms with E-state index in [0.717, 1.165) is 16.2 Å². The molecule has 3 rings (SSSR count). The largest absolute Gasteiger partial charge is 0.317 e. The van der Waals surface area contributed by atoms with Gasteiger partial charge in [0.05, 0.1) is 19.0 Å². The number of H-pyrrole nitrogens is 1. The fourth-order valence-electron chi connectivity index (χ4n) is 2.21. The number of benzene rings is 2. The van der Waals surface area contributed by atoms with Crippen molar-refractivity contribution in [2.75, 3.05) is 5.75 Å². The Morgan fingerprint density at radius 2 is 2.04 bits per heavy atom. The number of halogens is 1. The summed E-state index contributed by atoms with van der Waals surface area (Å²) in [6.45, 7) is 0. The number of carbonyl (C=O) groups is 1. The van der Waals surface area contributed by atoms with Gasteiger partial charge in [-0.15, -0.1) is 0 Å². The van der Waals surface area contributed by atoms with Crippen molar-refractivity contribution < 1.29 is 13.8 Å². The molecule has 1 aromatic heterocycles. The van der Waals surface area contributed by atoms with Crippen molar-refractivity contribution in [1.29, 1.82) is 0 Å². The van der Waals surface area contributed by atoms with Crippen LogP contribution in [0.5, 0.6) is 0 Å². The van der Waals surface area contributed by atoms with E-state index >= 15 is 0 Å². The Kier molecular flexibility index (Phi) is 4.90. The highest BCUT2D eigenvalue weighted by molar-refractivity contribution is 7.99. The second-order valence-corrected chi connectivity index (χ2v) is 6.10. The van der Waals surface area contributed by atoms with E-state index in [-0.39, 0.29) is 17.5 Å². The van der Waals surface area contributed by atoms with Crippen molar-refractivity contribution in [2.24, 2.45) is 12.1 Å². The molecule has 0 saturated heterocycles. The lowest BCUT2D eigenvalue weighted by Crippen LogP contribution is -2.30. The lowest BCUT2D eigenvalue weighted by Gasteiger charge is -1.97. The summed E-state index contributed by atoms with van der Waals surface area (Å²) >= 11 is 1.40. The predicted molar refractivity (Wildman–Crippen MR) is 92.3 cm³/mol. The van der Waals surface area contributed by atoms with Crippen LogP contribution in [0.1, 0.15) is 5.56 Å². The number of aromatic amines is 1. The Bertz CT molecular complexity index is 889. The highest BCUT2D eigenvalue weighted by atomic mass is 32.2. The summed E-state index contributed by atoms with van der Waals surface area (Å²) < 4.78 is 14.8. The van der Waals surface area contributed by atoms with E-state index in [1.165, 1.54) is 30.1 Å². The molecular formula is C17H16FN4OS+. The number of imidazole rings is 1. The van der Waals surface area contributed by atoms with Crippen LogP contribution < -0.4 is 9.99 Å². The molecule has 0 radical (unpaired) electrons. The van der Waals surface area contributed by atoms with Crippen molar-refractivity contribution in [3.8, 4) is 0 Å². The van der Waals surface area contributed by atoms with E-state index < -0.39 is 0 Å².